The van der Waals surface area contributed by atoms with Crippen molar-refractivity contribution in [3.63, 3.8) is 0 Å². The number of nitrogens with zero attached hydrogens (tertiary/aromatic N) is 2. The van der Waals surface area contributed by atoms with Crippen LogP contribution in [0.25, 0.3) is 0 Å². The number of aromatic amines is 1. The van der Waals surface area contributed by atoms with Gasteiger partial charge in [0.1, 0.15) is 4.90 Å². The number of sulfonamides is 1. The van der Waals surface area contributed by atoms with E-state index >= 15 is 0 Å². The Morgan fingerprint density at radius 3 is 2.89 bits per heavy atom. The number of nitrogens with one attached hydrogen (secondary N) is 1. The van der Waals surface area contributed by atoms with Crippen LogP contribution in [0.4, 0.5) is 0 Å². The molecule has 1 unspecified atom stereocenters. The van der Waals surface area contributed by atoms with Crippen molar-refractivity contribution < 1.29 is 13.2 Å². The van der Waals surface area contributed by atoms with Gasteiger partial charge in [-0.2, -0.15) is 9.40 Å². The SMILES string of the molecule is COC1CCN(S(=O)(=O)c2c(CN)n[nH]c2C)C1. The van der Waals surface area contributed by atoms with Gasteiger partial charge in [0.15, 0.2) is 0 Å². The van der Waals surface area contributed by atoms with Crippen LogP contribution < -0.4 is 5.73 Å². The van der Waals surface area contributed by atoms with Gasteiger partial charge in [0, 0.05) is 26.7 Å². The summed E-state index contributed by atoms with van der Waals surface area (Å²) in [5.41, 5.74) is 6.43. The Labute approximate surface area is 106 Å². The summed E-state index contributed by atoms with van der Waals surface area (Å²) in [6, 6.07) is 0. The van der Waals surface area contributed by atoms with Gasteiger partial charge in [-0.15, -0.1) is 0 Å². The summed E-state index contributed by atoms with van der Waals surface area (Å²) >= 11 is 0. The van der Waals surface area contributed by atoms with Crippen LogP contribution in [0.5, 0.6) is 0 Å². The summed E-state index contributed by atoms with van der Waals surface area (Å²) in [7, 11) is -1.94. The fourth-order valence-electron chi connectivity index (χ4n) is 2.19. The quantitative estimate of drug-likeness (QED) is 0.777. The molecule has 1 fully saturated rings. The van der Waals surface area contributed by atoms with Crippen molar-refractivity contribution in [1.29, 1.82) is 0 Å². The molecule has 0 aromatic carbocycles. The molecule has 1 aliphatic rings. The topological polar surface area (TPSA) is 101 Å². The molecule has 1 aliphatic heterocycles. The highest BCUT2D eigenvalue weighted by atomic mass is 32.2. The molecule has 1 aromatic rings. The van der Waals surface area contributed by atoms with E-state index in [0.717, 1.165) is 0 Å². The first-order valence-corrected chi connectivity index (χ1v) is 7.21. The van der Waals surface area contributed by atoms with Crippen molar-refractivity contribution in [3.8, 4) is 0 Å². The standard InChI is InChI=1S/C10H18N4O3S/c1-7-10(9(5-11)13-12-7)18(15,16)14-4-3-8(6-14)17-2/h8H,3-6,11H2,1-2H3,(H,12,13). The molecule has 0 bridgehead atoms. The molecule has 0 saturated carbocycles. The average molecular weight is 274 g/mol. The molecule has 0 aliphatic carbocycles. The third kappa shape index (κ3) is 2.16. The molecule has 18 heavy (non-hydrogen) atoms. The lowest BCUT2D eigenvalue weighted by molar-refractivity contribution is 0.115. The molecule has 102 valence electrons. The van der Waals surface area contributed by atoms with Crippen LogP contribution in [-0.4, -0.2) is 49.2 Å². The van der Waals surface area contributed by atoms with E-state index in [1.165, 1.54) is 4.31 Å². The van der Waals surface area contributed by atoms with Gasteiger partial charge in [0.2, 0.25) is 10.0 Å². The van der Waals surface area contributed by atoms with Crippen LogP contribution >= 0.6 is 0 Å². The zero-order chi connectivity index (χ0) is 13.3. The average Bonchev–Trinajstić information content (AvgIpc) is 2.95. The maximum atomic E-state index is 12.5. The molecule has 3 N–H and O–H groups in total. The van der Waals surface area contributed by atoms with Crippen LogP contribution in [0.2, 0.25) is 0 Å². The van der Waals surface area contributed by atoms with Crippen LogP contribution in [0.15, 0.2) is 4.90 Å². The smallest absolute Gasteiger partial charge is 0.246 e. The monoisotopic (exact) mass is 274 g/mol. The summed E-state index contributed by atoms with van der Waals surface area (Å²) in [5, 5.41) is 6.60. The number of hydrogen-bond donors (Lipinski definition) is 2. The van der Waals surface area contributed by atoms with Gasteiger partial charge >= 0.3 is 0 Å². The lowest BCUT2D eigenvalue weighted by Crippen LogP contribution is -2.31. The lowest BCUT2D eigenvalue weighted by Gasteiger charge is -2.16. The van der Waals surface area contributed by atoms with E-state index in [9.17, 15) is 8.42 Å². The van der Waals surface area contributed by atoms with Crippen molar-refractivity contribution in [2.24, 2.45) is 5.73 Å². The first kappa shape index (κ1) is 13.5. The summed E-state index contributed by atoms with van der Waals surface area (Å²) in [6.07, 6.45) is 0.679. The number of nitrogens with two attached hydrogens (primary N) is 1. The Bertz CT molecular complexity index is 525. The Balaban J connectivity index is 2.34. The molecular weight excluding hydrogens is 256 g/mol. The second kappa shape index (κ2) is 4.96. The second-order valence-electron chi connectivity index (χ2n) is 4.34. The molecule has 1 atom stereocenters. The van der Waals surface area contributed by atoms with Gasteiger partial charge in [-0.05, 0) is 13.3 Å². The van der Waals surface area contributed by atoms with Crippen LogP contribution in [0.3, 0.4) is 0 Å². The van der Waals surface area contributed by atoms with Crippen molar-refractivity contribution in [1.82, 2.24) is 14.5 Å². The Hall–Kier alpha value is -0.960. The fraction of sp³-hybridized carbons (Fsp3) is 0.700. The van der Waals surface area contributed by atoms with Gasteiger partial charge < -0.3 is 10.5 Å². The van der Waals surface area contributed by atoms with Crippen molar-refractivity contribution in [2.45, 2.75) is 30.9 Å². The maximum absolute atomic E-state index is 12.5. The van der Waals surface area contributed by atoms with E-state index in [-0.39, 0.29) is 17.5 Å². The highest BCUT2D eigenvalue weighted by Gasteiger charge is 2.35. The zero-order valence-corrected chi connectivity index (χ0v) is 11.3. The lowest BCUT2D eigenvalue weighted by atomic mass is 10.3. The molecule has 2 heterocycles. The Morgan fingerprint density at radius 1 is 1.61 bits per heavy atom. The third-order valence-corrected chi connectivity index (χ3v) is 5.26. The first-order chi connectivity index (χ1) is 8.50. The molecule has 7 nitrogen and oxygen atoms in total. The molecule has 1 saturated heterocycles. The molecule has 8 heteroatoms. The minimum atomic E-state index is -3.53. The van der Waals surface area contributed by atoms with E-state index < -0.39 is 10.0 Å². The number of aryl methyl sites for hydroxylation is 1. The maximum Gasteiger partial charge on any atom is 0.246 e. The van der Waals surface area contributed by atoms with Crippen molar-refractivity contribution in [3.05, 3.63) is 11.4 Å². The molecule has 1 aromatic heterocycles. The predicted octanol–water partition coefficient (Wildman–Crippen LogP) is -0.414. The minimum Gasteiger partial charge on any atom is -0.380 e. The van der Waals surface area contributed by atoms with Gasteiger partial charge in [-0.25, -0.2) is 8.42 Å². The van der Waals surface area contributed by atoms with Gasteiger partial charge in [0.05, 0.1) is 17.5 Å². The van der Waals surface area contributed by atoms with E-state index in [0.29, 0.717) is 30.9 Å². The third-order valence-electron chi connectivity index (χ3n) is 3.19. The fourth-order valence-corrected chi connectivity index (χ4v) is 4.01. The second-order valence-corrected chi connectivity index (χ2v) is 6.21. The van der Waals surface area contributed by atoms with Gasteiger partial charge in [-0.3, -0.25) is 5.10 Å². The molecule has 0 spiro atoms. The number of rotatable bonds is 4. The van der Waals surface area contributed by atoms with Crippen molar-refractivity contribution >= 4 is 10.0 Å². The van der Waals surface area contributed by atoms with E-state index in [1.807, 2.05) is 0 Å². The Morgan fingerprint density at radius 2 is 2.33 bits per heavy atom. The van der Waals surface area contributed by atoms with Gasteiger partial charge in [0.25, 0.3) is 0 Å². The van der Waals surface area contributed by atoms with Crippen LogP contribution in [0, 0.1) is 6.92 Å². The summed E-state index contributed by atoms with van der Waals surface area (Å²) in [5.74, 6) is 0. The normalized spacial score (nSPS) is 21.6. The minimum absolute atomic E-state index is 0.0340. The van der Waals surface area contributed by atoms with Gasteiger partial charge in [-0.1, -0.05) is 0 Å². The highest BCUT2D eigenvalue weighted by molar-refractivity contribution is 7.89. The van der Waals surface area contributed by atoms with E-state index in [2.05, 4.69) is 10.2 Å². The number of hydrogen-bond acceptors (Lipinski definition) is 5. The summed E-state index contributed by atoms with van der Waals surface area (Å²) < 4.78 is 31.6. The van der Waals surface area contributed by atoms with E-state index in [1.54, 1.807) is 14.0 Å². The number of aromatic nitrogens is 2. The van der Waals surface area contributed by atoms with Crippen molar-refractivity contribution in [2.75, 3.05) is 20.2 Å². The predicted molar refractivity (Wildman–Crippen MR) is 65.4 cm³/mol. The molecule has 0 amide bonds. The molecule has 0 radical (unpaired) electrons. The largest absolute Gasteiger partial charge is 0.380 e. The number of methoxy groups -OCH3 is 1. The highest BCUT2D eigenvalue weighted by Crippen LogP contribution is 2.25. The zero-order valence-electron chi connectivity index (χ0n) is 10.5. The summed E-state index contributed by atoms with van der Waals surface area (Å²) in [4.78, 5) is 0.210. The summed E-state index contributed by atoms with van der Waals surface area (Å²) in [6.45, 7) is 2.63. The number of ether oxygens (including phenoxy) is 1. The van der Waals surface area contributed by atoms with Crippen LogP contribution in [0.1, 0.15) is 17.8 Å². The van der Waals surface area contributed by atoms with E-state index in [4.69, 9.17) is 10.5 Å². The molecular formula is C10H18N4O3S. The Kier molecular flexibility index (Phi) is 3.71. The van der Waals surface area contributed by atoms with Crippen LogP contribution in [-0.2, 0) is 21.3 Å². The number of H-pyrrole nitrogens is 1. The molecule has 2 rings (SSSR count). The first-order valence-electron chi connectivity index (χ1n) is 5.77.